The fourth-order valence-electron chi connectivity index (χ4n) is 7.94. The summed E-state index contributed by atoms with van der Waals surface area (Å²) >= 11 is 0. The van der Waals surface area contributed by atoms with E-state index in [2.05, 4.69) is 10.7 Å². The monoisotopic (exact) mass is 1000 g/mol. The van der Waals surface area contributed by atoms with Gasteiger partial charge in [-0.25, -0.2) is 14.4 Å². The second-order valence-electron chi connectivity index (χ2n) is 19.7. The molecule has 0 fully saturated rings. The molecule has 2 atom stereocenters. The molecule has 0 spiro atoms. The highest BCUT2D eigenvalue weighted by molar-refractivity contribution is 6.40. The number of para-hydroxylation sites is 1. The van der Waals surface area contributed by atoms with Gasteiger partial charge in [-0.05, 0) is 107 Å². The number of amides is 4. The van der Waals surface area contributed by atoms with Crippen molar-refractivity contribution in [3.8, 4) is 0 Å². The number of nitrogens with zero attached hydrogens (tertiary/aromatic N) is 2. The first-order chi connectivity index (χ1) is 35.2. The zero-order chi connectivity index (χ0) is 53.6. The van der Waals surface area contributed by atoms with Crippen molar-refractivity contribution in [1.29, 1.82) is 0 Å². The summed E-state index contributed by atoms with van der Waals surface area (Å²) in [7, 11) is 0. The van der Waals surface area contributed by atoms with Crippen LogP contribution in [0.3, 0.4) is 0 Å². The molecule has 0 aromatic heterocycles. The highest BCUT2D eigenvalue weighted by atomic mass is 16.6. The van der Waals surface area contributed by atoms with E-state index in [1.54, 1.807) is 133 Å². The highest BCUT2D eigenvalue weighted by Gasteiger charge is 2.35. The highest BCUT2D eigenvalue weighted by Crippen LogP contribution is 2.34. The van der Waals surface area contributed by atoms with Gasteiger partial charge in [-0.1, -0.05) is 153 Å². The largest absolute Gasteiger partial charge is 0.453 e. The number of carbonyl (C=O) groups is 7. The topological polar surface area (TPSA) is 178 Å². The Labute approximate surface area is 433 Å². The summed E-state index contributed by atoms with van der Waals surface area (Å²) in [5, 5.41) is 3.87. The first-order valence-electron chi connectivity index (χ1n) is 24.6. The Bertz CT molecular complexity index is 2870. The van der Waals surface area contributed by atoms with Crippen LogP contribution < -0.4 is 15.6 Å². The molecule has 14 heteroatoms. The normalized spacial score (nSPS) is 12.1. The van der Waals surface area contributed by atoms with Crippen molar-refractivity contribution in [3.05, 3.63) is 203 Å². The van der Waals surface area contributed by atoms with E-state index in [-0.39, 0.29) is 40.4 Å². The second-order valence-corrected chi connectivity index (χ2v) is 19.7. The van der Waals surface area contributed by atoms with Gasteiger partial charge in [-0.15, -0.1) is 0 Å². The van der Waals surface area contributed by atoms with Crippen LogP contribution in [0.5, 0.6) is 0 Å². The molecule has 4 amide bonds. The van der Waals surface area contributed by atoms with E-state index in [1.807, 2.05) is 67.6 Å². The number of hydrogen-bond acceptors (Lipinski definition) is 10. The average molecular weight is 1000 g/mol. The number of alkyl carbamates (subject to hydrolysis) is 1. The number of rotatable bonds is 17. The van der Waals surface area contributed by atoms with Gasteiger partial charge in [-0.2, -0.15) is 0 Å². The van der Waals surface area contributed by atoms with Crippen molar-refractivity contribution in [2.24, 2.45) is 0 Å². The van der Waals surface area contributed by atoms with Crippen molar-refractivity contribution in [2.75, 3.05) is 11.4 Å². The minimum Gasteiger partial charge on any atom is -0.453 e. The van der Waals surface area contributed by atoms with Crippen molar-refractivity contribution in [3.63, 3.8) is 0 Å². The lowest BCUT2D eigenvalue weighted by atomic mass is 9.98. The van der Waals surface area contributed by atoms with Crippen LogP contribution in [0.4, 0.5) is 16.2 Å². The van der Waals surface area contributed by atoms with E-state index in [0.29, 0.717) is 28.7 Å². The average Bonchev–Trinajstić information content (AvgIpc) is 3.38. The minimum atomic E-state index is -1.40. The van der Waals surface area contributed by atoms with Crippen molar-refractivity contribution in [1.82, 2.24) is 15.8 Å². The smallest absolute Gasteiger partial charge is 0.408 e. The maximum Gasteiger partial charge on any atom is 0.408 e. The lowest BCUT2D eigenvalue weighted by molar-refractivity contribution is -0.162. The lowest BCUT2D eigenvalue weighted by Crippen LogP contribution is -2.52. The summed E-state index contributed by atoms with van der Waals surface area (Å²) in [4.78, 5) is 99.3. The maximum atomic E-state index is 14.6. The molecule has 0 aliphatic rings. The van der Waals surface area contributed by atoms with E-state index < -0.39 is 65.0 Å². The zero-order valence-electron chi connectivity index (χ0n) is 43.1. The molecule has 0 aliphatic heterocycles. The maximum absolute atomic E-state index is 14.6. The van der Waals surface area contributed by atoms with Gasteiger partial charge in [0, 0.05) is 23.4 Å². The summed E-state index contributed by atoms with van der Waals surface area (Å²) in [6.45, 7) is 13.7. The SMILES string of the molecule is CCCCCN(NC(=O)C(NC(=O)OC(C)(C)C)c1cccc(C(=O)c2ccccc2)c1)C(=O)C(C)c1ccc(N(C(=O)C(=O)OC(C)(C)C)c2ccccc2C(=O)OC(c2ccccc2)c2ccccc2)cc1. The molecule has 2 unspecified atom stereocenters. The van der Waals surface area contributed by atoms with Crippen LogP contribution >= 0.6 is 0 Å². The van der Waals surface area contributed by atoms with E-state index in [0.717, 1.165) is 17.7 Å². The Kier molecular flexibility index (Phi) is 18.4. The Hall–Kier alpha value is -8.39. The predicted molar refractivity (Wildman–Crippen MR) is 282 cm³/mol. The zero-order valence-corrected chi connectivity index (χ0v) is 43.1. The molecule has 6 aromatic carbocycles. The van der Waals surface area contributed by atoms with Gasteiger partial charge in [-0.3, -0.25) is 34.5 Å². The van der Waals surface area contributed by atoms with E-state index in [9.17, 15) is 33.6 Å². The first-order valence-corrected chi connectivity index (χ1v) is 24.6. The number of ether oxygens (including phenoxy) is 3. The van der Waals surface area contributed by atoms with Gasteiger partial charge < -0.3 is 19.5 Å². The second kappa shape index (κ2) is 24.8. The molecule has 74 heavy (non-hydrogen) atoms. The first kappa shape index (κ1) is 54.9. The summed E-state index contributed by atoms with van der Waals surface area (Å²) < 4.78 is 17.3. The molecule has 6 aromatic rings. The number of anilines is 2. The van der Waals surface area contributed by atoms with Gasteiger partial charge in [0.05, 0.1) is 17.2 Å². The van der Waals surface area contributed by atoms with Crippen LogP contribution in [0.2, 0.25) is 0 Å². The van der Waals surface area contributed by atoms with Crippen LogP contribution in [0.25, 0.3) is 0 Å². The fourth-order valence-corrected chi connectivity index (χ4v) is 7.94. The third-order valence-electron chi connectivity index (χ3n) is 11.5. The van der Waals surface area contributed by atoms with Gasteiger partial charge in [0.2, 0.25) is 5.91 Å². The molecular weight excluding hydrogens is 937 g/mol. The van der Waals surface area contributed by atoms with Crippen LogP contribution in [0.1, 0.15) is 141 Å². The van der Waals surface area contributed by atoms with Crippen molar-refractivity contribution in [2.45, 2.75) is 104 Å². The fraction of sp³-hybridized carbons (Fsp3) is 0.283. The lowest BCUT2D eigenvalue weighted by Gasteiger charge is -2.30. The molecule has 14 nitrogen and oxygen atoms in total. The number of esters is 2. The molecule has 0 saturated carbocycles. The number of carbonyl (C=O) groups excluding carboxylic acids is 7. The summed E-state index contributed by atoms with van der Waals surface area (Å²) in [6.07, 6.45) is 0.378. The molecule has 6 rings (SSSR count). The Morgan fingerprint density at radius 2 is 1.12 bits per heavy atom. The number of benzene rings is 6. The van der Waals surface area contributed by atoms with E-state index in [4.69, 9.17) is 14.2 Å². The summed E-state index contributed by atoms with van der Waals surface area (Å²) in [5.41, 5.74) is 3.91. The standard InChI is InChI=1S/C60H64N4O10/c1-9-10-22-38-63(62-53(66)50(61-58(71)74-60(6,7)8)45-30-23-31-46(39-45)51(65)42-24-14-11-15-25-42)54(67)40(2)41-34-36-47(37-35-41)64(55(68)57(70)73-59(3,4)5)49-33-21-20-32-48(49)56(69)72-52(43-26-16-12-17-27-43)44-28-18-13-19-29-44/h11-21,23-37,39-40,50,52H,9-10,22,38H2,1-8H3,(H,61,71)(H,62,66). The van der Waals surface area contributed by atoms with Gasteiger partial charge in [0.1, 0.15) is 17.2 Å². The molecule has 2 N–H and O–H groups in total. The Morgan fingerprint density at radius 1 is 0.581 bits per heavy atom. The minimum absolute atomic E-state index is 0.0126. The van der Waals surface area contributed by atoms with E-state index >= 15 is 0 Å². The van der Waals surface area contributed by atoms with Gasteiger partial charge in [0.15, 0.2) is 11.9 Å². The van der Waals surface area contributed by atoms with Crippen LogP contribution in [-0.2, 0) is 33.4 Å². The summed E-state index contributed by atoms with van der Waals surface area (Å²) in [6, 6.07) is 44.6. The Morgan fingerprint density at radius 3 is 1.70 bits per heavy atom. The molecule has 384 valence electrons. The summed E-state index contributed by atoms with van der Waals surface area (Å²) in [5.74, 6) is -5.47. The van der Waals surface area contributed by atoms with Crippen molar-refractivity contribution >= 4 is 52.9 Å². The third-order valence-corrected chi connectivity index (χ3v) is 11.5. The number of ketones is 1. The van der Waals surface area contributed by atoms with Crippen LogP contribution in [-0.4, -0.2) is 64.3 Å². The molecule has 0 heterocycles. The quantitative estimate of drug-likeness (QED) is 0.0223. The number of hydrazine groups is 1. The van der Waals surface area contributed by atoms with Crippen molar-refractivity contribution < 1.29 is 47.8 Å². The molecule has 0 bridgehead atoms. The van der Waals surface area contributed by atoms with Gasteiger partial charge in [0.25, 0.3) is 5.91 Å². The molecule has 0 aliphatic carbocycles. The van der Waals surface area contributed by atoms with Crippen LogP contribution in [0.15, 0.2) is 164 Å². The number of unbranched alkanes of at least 4 members (excludes halogenated alkanes) is 2. The van der Waals surface area contributed by atoms with Crippen LogP contribution in [0, 0.1) is 0 Å². The number of hydrogen-bond donors (Lipinski definition) is 2. The molecular formula is C60H64N4O10. The molecule has 0 radical (unpaired) electrons. The predicted octanol–water partition coefficient (Wildman–Crippen LogP) is 11.3. The number of nitrogens with one attached hydrogen (secondary N) is 2. The van der Waals surface area contributed by atoms with Gasteiger partial charge >= 0.3 is 23.9 Å². The van der Waals surface area contributed by atoms with E-state index in [1.165, 1.54) is 23.2 Å². The molecule has 0 saturated heterocycles. The Balaban J connectivity index is 1.31. The third kappa shape index (κ3) is 14.8.